The van der Waals surface area contributed by atoms with E-state index in [-0.39, 0.29) is 29.6 Å². The Morgan fingerprint density at radius 3 is 2.38 bits per heavy atom. The zero-order chi connectivity index (χ0) is 10.7. The van der Waals surface area contributed by atoms with Gasteiger partial charge in [-0.2, -0.15) is 0 Å². The third-order valence-electron chi connectivity index (χ3n) is 1.89. The van der Waals surface area contributed by atoms with Crippen molar-refractivity contribution in [1.29, 1.82) is 0 Å². The molecule has 0 heterocycles. The van der Waals surface area contributed by atoms with Crippen molar-refractivity contribution >= 4 is 36.0 Å². The molecule has 0 N–H and O–H groups in total. The Kier molecular flexibility index (Phi) is 6.34. The van der Waals surface area contributed by atoms with Crippen LogP contribution in [0.3, 0.4) is 0 Å². The number of thiol groups is 1. The van der Waals surface area contributed by atoms with Gasteiger partial charge in [0.05, 0.1) is 0 Å². The minimum absolute atomic E-state index is 0. The fourth-order valence-corrected chi connectivity index (χ4v) is 2.60. The van der Waals surface area contributed by atoms with Gasteiger partial charge in [-0.05, 0) is 30.3 Å². The van der Waals surface area contributed by atoms with E-state index in [0.29, 0.717) is 0 Å². The molecular weight excluding hydrogens is 267 g/mol. The average molecular weight is 276 g/mol. The minimum atomic E-state index is 0. The first-order valence-electron chi connectivity index (χ1n) is 4.47. The summed E-state index contributed by atoms with van der Waals surface area (Å²) < 4.78 is 0. The molecule has 0 aliphatic carbocycles. The Labute approximate surface area is 132 Å². The second-order valence-electron chi connectivity index (χ2n) is 3.03. The summed E-state index contributed by atoms with van der Waals surface area (Å²) in [6, 6.07) is 15.9. The van der Waals surface area contributed by atoms with Crippen LogP contribution in [0, 0.1) is 0 Å². The third kappa shape index (κ3) is 4.02. The monoisotopic (exact) mass is 275 g/mol. The van der Waals surface area contributed by atoms with Crippen LogP contribution in [0.4, 0.5) is 0 Å². The molecule has 0 aromatic heterocycles. The zero-order valence-electron chi connectivity index (χ0n) is 8.85. The van der Waals surface area contributed by atoms with Gasteiger partial charge in [-0.1, -0.05) is 41.6 Å². The summed E-state index contributed by atoms with van der Waals surface area (Å²) in [7, 11) is 0. The molecule has 2 rings (SSSR count). The van der Waals surface area contributed by atoms with Crippen molar-refractivity contribution in [3.63, 3.8) is 0 Å². The van der Waals surface area contributed by atoms with Crippen LogP contribution in [0.5, 0.6) is 0 Å². The van der Waals surface area contributed by atoms with Crippen LogP contribution >= 0.6 is 36.0 Å². The Morgan fingerprint density at radius 2 is 1.69 bits per heavy atom. The molecule has 0 unspecified atom stereocenters. The Balaban J connectivity index is 0.00000128. The first kappa shape index (κ1) is 14.5. The molecule has 0 radical (unpaired) electrons. The third-order valence-corrected chi connectivity index (χ3v) is 3.73. The zero-order valence-corrected chi connectivity index (χ0v) is 13.3. The maximum Gasteiger partial charge on any atom is 1.00 e. The quantitative estimate of drug-likeness (QED) is 0.644. The van der Waals surface area contributed by atoms with Crippen molar-refractivity contribution < 1.29 is 29.6 Å². The Bertz CT molecular complexity index is 460. The second-order valence-corrected chi connectivity index (χ2v) is 5.06. The molecule has 0 bridgehead atoms. The van der Waals surface area contributed by atoms with E-state index in [0.717, 1.165) is 14.8 Å². The van der Waals surface area contributed by atoms with Gasteiger partial charge < -0.3 is 0 Å². The molecule has 0 fully saturated rings. The summed E-state index contributed by atoms with van der Waals surface area (Å²) in [6.45, 7) is 0. The topological polar surface area (TPSA) is 0 Å². The first-order chi connectivity index (χ1) is 7.25. The molecule has 0 spiro atoms. The molecule has 16 heavy (non-hydrogen) atoms. The predicted molar refractivity (Wildman–Crippen MR) is 69.3 cm³/mol. The summed E-state index contributed by atoms with van der Waals surface area (Å²) in [5.74, 6) is 0. The fraction of sp³-hybridized carbons (Fsp3) is 0. The molecule has 0 aliphatic heterocycles. The SMILES string of the molecule is Sc1ccc(Cl)cc1Sc1ccccc1.[Na+]. The van der Waals surface area contributed by atoms with Crippen molar-refractivity contribution in [2.24, 2.45) is 0 Å². The summed E-state index contributed by atoms with van der Waals surface area (Å²) in [5, 5.41) is 0.742. The van der Waals surface area contributed by atoms with Crippen LogP contribution in [0.25, 0.3) is 0 Å². The predicted octanol–water partition coefficient (Wildman–Crippen LogP) is 1.78. The number of rotatable bonds is 2. The van der Waals surface area contributed by atoms with Gasteiger partial charge in [0, 0.05) is 19.7 Å². The van der Waals surface area contributed by atoms with E-state index in [4.69, 9.17) is 11.6 Å². The fourth-order valence-electron chi connectivity index (χ4n) is 1.19. The van der Waals surface area contributed by atoms with Gasteiger partial charge >= 0.3 is 29.6 Å². The Morgan fingerprint density at radius 1 is 1.00 bits per heavy atom. The van der Waals surface area contributed by atoms with Crippen LogP contribution < -0.4 is 29.6 Å². The molecule has 2 aromatic carbocycles. The number of halogens is 1. The Hall–Kier alpha value is 0.430. The molecule has 4 heteroatoms. The van der Waals surface area contributed by atoms with Gasteiger partial charge in [0.1, 0.15) is 0 Å². The number of benzene rings is 2. The van der Waals surface area contributed by atoms with Crippen LogP contribution in [0.2, 0.25) is 5.02 Å². The second kappa shape index (κ2) is 7.00. The summed E-state index contributed by atoms with van der Waals surface area (Å²) in [5.41, 5.74) is 0. The van der Waals surface area contributed by atoms with Gasteiger partial charge in [0.25, 0.3) is 0 Å². The summed E-state index contributed by atoms with van der Waals surface area (Å²) in [4.78, 5) is 3.22. The van der Waals surface area contributed by atoms with Crippen LogP contribution in [-0.4, -0.2) is 0 Å². The van der Waals surface area contributed by atoms with Crippen molar-refractivity contribution in [3.05, 3.63) is 53.6 Å². The molecule has 0 aliphatic rings. The smallest absolute Gasteiger partial charge is 0.142 e. The minimum Gasteiger partial charge on any atom is -0.142 e. The molecule has 2 aromatic rings. The van der Waals surface area contributed by atoms with E-state index < -0.39 is 0 Å². The molecule has 0 atom stereocenters. The maximum absolute atomic E-state index is 5.94. The summed E-state index contributed by atoms with van der Waals surface area (Å²) >= 11 is 12.0. The van der Waals surface area contributed by atoms with Gasteiger partial charge in [-0.25, -0.2) is 0 Å². The number of hydrogen-bond acceptors (Lipinski definition) is 2. The van der Waals surface area contributed by atoms with Crippen molar-refractivity contribution in [2.75, 3.05) is 0 Å². The molecule has 0 saturated heterocycles. The van der Waals surface area contributed by atoms with Gasteiger partial charge in [0.15, 0.2) is 0 Å². The normalized spacial score (nSPS) is 9.62. The molecule has 0 nitrogen and oxygen atoms in total. The molecule has 0 amide bonds. The van der Waals surface area contributed by atoms with Crippen molar-refractivity contribution in [2.45, 2.75) is 14.7 Å². The van der Waals surface area contributed by atoms with Crippen LogP contribution in [0.15, 0.2) is 63.2 Å². The van der Waals surface area contributed by atoms with Crippen molar-refractivity contribution in [1.82, 2.24) is 0 Å². The molecular formula is C12H9ClNaS2+. The van der Waals surface area contributed by atoms with E-state index in [2.05, 4.69) is 24.8 Å². The maximum atomic E-state index is 5.94. The molecule has 76 valence electrons. The van der Waals surface area contributed by atoms with E-state index in [1.165, 1.54) is 4.90 Å². The summed E-state index contributed by atoms with van der Waals surface area (Å²) in [6.07, 6.45) is 0. The first-order valence-corrected chi connectivity index (χ1v) is 6.11. The van der Waals surface area contributed by atoms with Gasteiger partial charge in [-0.3, -0.25) is 0 Å². The van der Waals surface area contributed by atoms with E-state index in [9.17, 15) is 0 Å². The van der Waals surface area contributed by atoms with Crippen molar-refractivity contribution in [3.8, 4) is 0 Å². The largest absolute Gasteiger partial charge is 1.00 e. The van der Waals surface area contributed by atoms with Gasteiger partial charge in [0.2, 0.25) is 0 Å². The van der Waals surface area contributed by atoms with E-state index in [1.807, 2.05) is 36.4 Å². The standard InChI is InChI=1S/C12H9ClS2.Na/c13-9-6-7-11(14)12(8-9)15-10-4-2-1-3-5-10;/h1-8,14H;/q;+1. The average Bonchev–Trinajstić information content (AvgIpc) is 2.25. The van der Waals surface area contributed by atoms with E-state index in [1.54, 1.807) is 11.8 Å². The van der Waals surface area contributed by atoms with Crippen LogP contribution in [0.1, 0.15) is 0 Å². The van der Waals surface area contributed by atoms with Crippen LogP contribution in [-0.2, 0) is 0 Å². The molecule has 0 saturated carbocycles. The van der Waals surface area contributed by atoms with E-state index >= 15 is 0 Å². The van der Waals surface area contributed by atoms with Gasteiger partial charge in [-0.15, -0.1) is 12.6 Å². The number of hydrogen-bond donors (Lipinski definition) is 1.